The number of aromatic nitrogens is 3. The number of ether oxygens (including phenoxy) is 1. The second-order valence-corrected chi connectivity index (χ2v) is 8.00. The topological polar surface area (TPSA) is 89.3 Å². The van der Waals surface area contributed by atoms with E-state index in [0.29, 0.717) is 5.92 Å². The molecule has 146 valence electrons. The molecule has 3 atom stereocenters. The van der Waals surface area contributed by atoms with Gasteiger partial charge in [0.15, 0.2) is 0 Å². The number of nitrogens with one attached hydrogen (secondary N) is 1. The summed E-state index contributed by atoms with van der Waals surface area (Å²) < 4.78 is 7.92. The standard InChI is InChI=1S/C19H32N4O3/c1-13(2)17-11-23(22-21-17)10-9-15-7-8-16(18(12-24)26-15)20-19(25)14-5-3-4-6-14/h11,13-16,18,24H,3-10,12H2,1-2H3,(H,20,25)/t15-,16+,18-/m0/s1. The lowest BCUT2D eigenvalue weighted by atomic mass is 9.96. The molecule has 2 heterocycles. The van der Waals surface area contributed by atoms with Crippen LogP contribution >= 0.6 is 0 Å². The number of hydrogen-bond acceptors (Lipinski definition) is 5. The van der Waals surface area contributed by atoms with Gasteiger partial charge in [0.25, 0.3) is 0 Å². The van der Waals surface area contributed by atoms with E-state index in [0.717, 1.165) is 57.2 Å². The second kappa shape index (κ2) is 8.95. The fourth-order valence-corrected chi connectivity index (χ4v) is 3.96. The molecular weight excluding hydrogens is 332 g/mol. The Morgan fingerprint density at radius 3 is 2.77 bits per heavy atom. The third-order valence-electron chi connectivity index (χ3n) is 5.68. The SMILES string of the molecule is CC(C)c1cn(CC[C@@H]2CC[C@@H](NC(=O)C3CCCC3)[C@H](CO)O2)nn1. The molecule has 1 aliphatic carbocycles. The summed E-state index contributed by atoms with van der Waals surface area (Å²) in [7, 11) is 0. The molecule has 3 rings (SSSR count). The fraction of sp³-hybridized carbons (Fsp3) is 0.842. The van der Waals surface area contributed by atoms with Gasteiger partial charge < -0.3 is 15.2 Å². The molecule has 2 aliphatic rings. The maximum atomic E-state index is 12.4. The van der Waals surface area contributed by atoms with Crippen molar-refractivity contribution in [1.29, 1.82) is 0 Å². The van der Waals surface area contributed by atoms with Crippen molar-refractivity contribution < 1.29 is 14.6 Å². The zero-order chi connectivity index (χ0) is 18.5. The van der Waals surface area contributed by atoms with Crippen LogP contribution in [0.5, 0.6) is 0 Å². The van der Waals surface area contributed by atoms with Crippen LogP contribution in [0.15, 0.2) is 6.20 Å². The van der Waals surface area contributed by atoms with Crippen LogP contribution in [0.25, 0.3) is 0 Å². The van der Waals surface area contributed by atoms with Crippen LogP contribution in [-0.4, -0.2) is 50.9 Å². The predicted molar refractivity (Wildman–Crippen MR) is 97.6 cm³/mol. The van der Waals surface area contributed by atoms with Crippen LogP contribution in [-0.2, 0) is 16.1 Å². The highest BCUT2D eigenvalue weighted by atomic mass is 16.5. The first-order valence-corrected chi connectivity index (χ1v) is 10.0. The number of aliphatic hydroxyl groups excluding tert-OH is 1. The number of carbonyl (C=O) groups excluding carboxylic acids is 1. The summed E-state index contributed by atoms with van der Waals surface area (Å²) in [6, 6.07) is -0.0803. The number of hydrogen-bond donors (Lipinski definition) is 2. The first-order valence-electron chi connectivity index (χ1n) is 10.0. The zero-order valence-corrected chi connectivity index (χ0v) is 15.9. The van der Waals surface area contributed by atoms with Crippen LogP contribution in [0.3, 0.4) is 0 Å². The molecule has 7 heteroatoms. The van der Waals surface area contributed by atoms with E-state index >= 15 is 0 Å². The molecule has 7 nitrogen and oxygen atoms in total. The maximum absolute atomic E-state index is 12.4. The lowest BCUT2D eigenvalue weighted by Gasteiger charge is -2.36. The molecule has 1 saturated heterocycles. The number of nitrogens with zero attached hydrogens (tertiary/aromatic N) is 3. The van der Waals surface area contributed by atoms with E-state index in [2.05, 4.69) is 29.5 Å². The van der Waals surface area contributed by atoms with Crippen molar-refractivity contribution in [3.05, 3.63) is 11.9 Å². The minimum Gasteiger partial charge on any atom is -0.394 e. The molecule has 0 radical (unpaired) electrons. The van der Waals surface area contributed by atoms with Crippen LogP contribution in [0.1, 0.15) is 70.4 Å². The van der Waals surface area contributed by atoms with Crippen molar-refractivity contribution in [2.45, 2.75) is 89.5 Å². The smallest absolute Gasteiger partial charge is 0.223 e. The van der Waals surface area contributed by atoms with Gasteiger partial charge in [-0.2, -0.15) is 0 Å². The summed E-state index contributed by atoms with van der Waals surface area (Å²) in [6.07, 6.45) is 8.59. The number of aliphatic hydroxyl groups is 1. The molecule has 1 aromatic rings. The first-order chi connectivity index (χ1) is 12.6. The maximum Gasteiger partial charge on any atom is 0.223 e. The zero-order valence-electron chi connectivity index (χ0n) is 15.9. The quantitative estimate of drug-likeness (QED) is 0.772. The Morgan fingerprint density at radius 2 is 2.12 bits per heavy atom. The van der Waals surface area contributed by atoms with Crippen molar-refractivity contribution in [3.8, 4) is 0 Å². The van der Waals surface area contributed by atoms with Gasteiger partial charge in [-0.25, -0.2) is 0 Å². The molecule has 0 spiro atoms. The molecule has 2 fully saturated rings. The summed E-state index contributed by atoms with van der Waals surface area (Å²) in [5.74, 6) is 0.657. The highest BCUT2D eigenvalue weighted by Gasteiger charge is 2.33. The molecule has 26 heavy (non-hydrogen) atoms. The van der Waals surface area contributed by atoms with E-state index in [1.807, 2.05) is 10.9 Å². The van der Waals surface area contributed by atoms with E-state index < -0.39 is 0 Å². The highest BCUT2D eigenvalue weighted by molar-refractivity contribution is 5.79. The summed E-state index contributed by atoms with van der Waals surface area (Å²) in [4.78, 5) is 12.4. The second-order valence-electron chi connectivity index (χ2n) is 8.00. The number of amides is 1. The molecule has 1 amide bonds. The van der Waals surface area contributed by atoms with Crippen LogP contribution < -0.4 is 5.32 Å². The first kappa shape index (κ1) is 19.3. The summed E-state index contributed by atoms with van der Waals surface area (Å²) in [6.45, 7) is 4.89. The molecule has 0 unspecified atom stereocenters. The average Bonchev–Trinajstić information content (AvgIpc) is 3.32. The van der Waals surface area contributed by atoms with Gasteiger partial charge in [0, 0.05) is 18.7 Å². The largest absolute Gasteiger partial charge is 0.394 e. The van der Waals surface area contributed by atoms with Gasteiger partial charge in [-0.05, 0) is 38.0 Å². The summed E-state index contributed by atoms with van der Waals surface area (Å²) >= 11 is 0. The van der Waals surface area contributed by atoms with Crippen LogP contribution in [0.4, 0.5) is 0 Å². The third kappa shape index (κ3) is 4.82. The molecule has 1 saturated carbocycles. The van der Waals surface area contributed by atoms with Gasteiger partial charge in [0.2, 0.25) is 5.91 Å². The number of carbonyl (C=O) groups is 1. The molecule has 0 aromatic carbocycles. The molecular formula is C19H32N4O3. The Hall–Kier alpha value is -1.47. The summed E-state index contributed by atoms with van der Waals surface area (Å²) in [5.41, 5.74) is 0.998. The van der Waals surface area contributed by atoms with Gasteiger partial charge in [-0.3, -0.25) is 9.48 Å². The monoisotopic (exact) mass is 364 g/mol. The van der Waals surface area contributed by atoms with Gasteiger partial charge in [0.1, 0.15) is 6.10 Å². The van der Waals surface area contributed by atoms with E-state index in [1.54, 1.807) is 0 Å². The lowest BCUT2D eigenvalue weighted by Crippen LogP contribution is -2.52. The molecule has 0 bridgehead atoms. The van der Waals surface area contributed by atoms with E-state index in [1.165, 1.54) is 0 Å². The van der Waals surface area contributed by atoms with Gasteiger partial charge in [-0.1, -0.05) is 31.9 Å². The minimum atomic E-state index is -0.318. The van der Waals surface area contributed by atoms with Crippen molar-refractivity contribution >= 4 is 5.91 Å². The van der Waals surface area contributed by atoms with Gasteiger partial charge >= 0.3 is 0 Å². The predicted octanol–water partition coefficient (Wildman–Crippen LogP) is 2.01. The minimum absolute atomic E-state index is 0.0626. The Labute approximate surface area is 155 Å². The average molecular weight is 364 g/mol. The third-order valence-corrected chi connectivity index (χ3v) is 5.68. The van der Waals surface area contributed by atoms with Crippen LogP contribution in [0, 0.1) is 5.92 Å². The number of aryl methyl sites for hydroxylation is 1. The number of rotatable bonds is 7. The van der Waals surface area contributed by atoms with Crippen molar-refractivity contribution in [1.82, 2.24) is 20.3 Å². The summed E-state index contributed by atoms with van der Waals surface area (Å²) in [5, 5.41) is 21.2. The Bertz CT molecular complexity index is 583. The lowest BCUT2D eigenvalue weighted by molar-refractivity contribution is -0.132. The molecule has 1 aromatic heterocycles. The normalized spacial score (nSPS) is 27.2. The van der Waals surface area contributed by atoms with E-state index in [-0.39, 0.29) is 36.7 Å². The highest BCUT2D eigenvalue weighted by Crippen LogP contribution is 2.27. The van der Waals surface area contributed by atoms with Crippen molar-refractivity contribution in [3.63, 3.8) is 0 Å². The van der Waals surface area contributed by atoms with E-state index in [4.69, 9.17) is 4.74 Å². The Balaban J connectivity index is 1.46. The van der Waals surface area contributed by atoms with Gasteiger partial charge in [-0.15, -0.1) is 5.10 Å². The van der Waals surface area contributed by atoms with Crippen LogP contribution in [0.2, 0.25) is 0 Å². The van der Waals surface area contributed by atoms with Crippen molar-refractivity contribution in [2.75, 3.05) is 6.61 Å². The molecule has 2 N–H and O–H groups in total. The Kier molecular flexibility index (Phi) is 6.64. The fourth-order valence-electron chi connectivity index (χ4n) is 3.96. The van der Waals surface area contributed by atoms with E-state index in [9.17, 15) is 9.90 Å². The molecule has 1 aliphatic heterocycles. The Morgan fingerprint density at radius 1 is 1.35 bits per heavy atom. The van der Waals surface area contributed by atoms with Crippen molar-refractivity contribution in [2.24, 2.45) is 5.92 Å². The van der Waals surface area contributed by atoms with Gasteiger partial charge in [0.05, 0.1) is 24.4 Å².